The van der Waals surface area contributed by atoms with Gasteiger partial charge in [-0.25, -0.2) is 9.50 Å². The second-order valence-electron chi connectivity index (χ2n) is 7.96. The van der Waals surface area contributed by atoms with Gasteiger partial charge >= 0.3 is 0 Å². The number of nitrogens with zero attached hydrogens (tertiary/aromatic N) is 3. The second-order valence-corrected chi connectivity index (χ2v) is 7.96. The number of para-hydroxylation sites is 1. The first-order chi connectivity index (χ1) is 15.5. The van der Waals surface area contributed by atoms with Crippen molar-refractivity contribution < 1.29 is 9.53 Å². The topological polar surface area (TPSA) is 68.5 Å². The number of ether oxygens (including phenoxy) is 1. The summed E-state index contributed by atoms with van der Waals surface area (Å²) in [6, 6.07) is 19.7. The summed E-state index contributed by atoms with van der Waals surface area (Å²) in [5, 5.41) is 7.87. The molecule has 6 heteroatoms. The van der Waals surface area contributed by atoms with Gasteiger partial charge in [0.1, 0.15) is 5.75 Å². The molecule has 0 saturated heterocycles. The Morgan fingerprint density at radius 3 is 2.56 bits per heavy atom. The van der Waals surface area contributed by atoms with E-state index in [9.17, 15) is 4.79 Å². The number of nitrogens with one attached hydrogen (secondary N) is 1. The summed E-state index contributed by atoms with van der Waals surface area (Å²) in [5.74, 6) is 0.796. The molecule has 0 aliphatic heterocycles. The Hall–Kier alpha value is -3.67. The van der Waals surface area contributed by atoms with Gasteiger partial charge in [-0.1, -0.05) is 42.5 Å². The zero-order valence-electron chi connectivity index (χ0n) is 18.9. The number of fused-ring (bicyclic) bond motifs is 1. The summed E-state index contributed by atoms with van der Waals surface area (Å²) in [5.41, 5.74) is 6.58. The van der Waals surface area contributed by atoms with Crippen molar-refractivity contribution in [3.63, 3.8) is 0 Å². The maximum atomic E-state index is 12.6. The maximum absolute atomic E-state index is 12.6. The molecule has 6 nitrogen and oxygen atoms in total. The van der Waals surface area contributed by atoms with Crippen LogP contribution in [0, 0.1) is 13.8 Å². The number of hydrogen-bond acceptors (Lipinski definition) is 4. The van der Waals surface area contributed by atoms with Gasteiger partial charge in [-0.3, -0.25) is 4.79 Å². The van der Waals surface area contributed by atoms with E-state index in [2.05, 4.69) is 5.32 Å². The highest BCUT2D eigenvalue weighted by atomic mass is 16.5. The SMILES string of the molecule is COc1ccccc1-c1cc2nc(C)c(CCC(=O)N[C@H](C)c3ccccc3)c(C)n2n1. The lowest BCUT2D eigenvalue weighted by Gasteiger charge is -2.15. The van der Waals surface area contributed by atoms with E-state index >= 15 is 0 Å². The van der Waals surface area contributed by atoms with Crippen LogP contribution >= 0.6 is 0 Å². The Labute approximate surface area is 188 Å². The molecule has 0 aliphatic carbocycles. The number of carbonyl (C=O) groups is 1. The van der Waals surface area contributed by atoms with Crippen molar-refractivity contribution in [3.05, 3.63) is 83.2 Å². The Balaban J connectivity index is 1.54. The molecular formula is C26H28N4O2. The molecule has 0 fully saturated rings. The molecular weight excluding hydrogens is 400 g/mol. The first-order valence-corrected chi connectivity index (χ1v) is 10.8. The van der Waals surface area contributed by atoms with Crippen molar-refractivity contribution in [1.29, 1.82) is 0 Å². The normalized spacial score (nSPS) is 12.0. The third kappa shape index (κ3) is 4.35. The Morgan fingerprint density at radius 1 is 1.09 bits per heavy atom. The van der Waals surface area contributed by atoms with Crippen molar-refractivity contribution in [2.45, 2.75) is 39.7 Å². The highest BCUT2D eigenvalue weighted by Gasteiger charge is 2.16. The number of methoxy groups -OCH3 is 1. The molecule has 0 spiro atoms. The summed E-state index contributed by atoms with van der Waals surface area (Å²) in [4.78, 5) is 17.3. The van der Waals surface area contributed by atoms with Crippen LogP contribution in [0.5, 0.6) is 5.75 Å². The Bertz CT molecular complexity index is 1250. The van der Waals surface area contributed by atoms with Gasteiger partial charge in [0, 0.05) is 29.4 Å². The molecule has 2 heterocycles. The minimum absolute atomic E-state index is 0.0235. The Morgan fingerprint density at radius 2 is 1.81 bits per heavy atom. The molecule has 4 rings (SSSR count). The quantitative estimate of drug-likeness (QED) is 0.458. The van der Waals surface area contributed by atoms with E-state index in [-0.39, 0.29) is 11.9 Å². The lowest BCUT2D eigenvalue weighted by molar-refractivity contribution is -0.121. The molecule has 32 heavy (non-hydrogen) atoms. The third-order valence-corrected chi connectivity index (χ3v) is 5.83. The molecule has 1 atom stereocenters. The monoisotopic (exact) mass is 428 g/mol. The molecule has 2 aromatic heterocycles. The molecule has 0 aliphatic rings. The number of rotatable bonds is 7. The van der Waals surface area contributed by atoms with Crippen LogP contribution in [0.1, 0.15) is 41.9 Å². The fourth-order valence-electron chi connectivity index (χ4n) is 4.05. The molecule has 164 valence electrons. The van der Waals surface area contributed by atoms with E-state index in [1.165, 1.54) is 0 Å². The van der Waals surface area contributed by atoms with Crippen LogP contribution in [0.15, 0.2) is 60.7 Å². The zero-order valence-corrected chi connectivity index (χ0v) is 18.9. The van der Waals surface area contributed by atoms with Crippen LogP contribution in [0.4, 0.5) is 0 Å². The van der Waals surface area contributed by atoms with Crippen LogP contribution in [-0.2, 0) is 11.2 Å². The van der Waals surface area contributed by atoms with E-state index in [4.69, 9.17) is 14.8 Å². The van der Waals surface area contributed by atoms with Gasteiger partial charge in [-0.2, -0.15) is 5.10 Å². The van der Waals surface area contributed by atoms with Crippen molar-refractivity contribution in [1.82, 2.24) is 19.9 Å². The van der Waals surface area contributed by atoms with Gasteiger partial charge in [-0.05, 0) is 50.5 Å². The third-order valence-electron chi connectivity index (χ3n) is 5.83. The number of carbonyl (C=O) groups excluding carboxylic acids is 1. The Kier molecular flexibility index (Phi) is 6.21. The number of hydrogen-bond donors (Lipinski definition) is 1. The lowest BCUT2D eigenvalue weighted by Crippen LogP contribution is -2.27. The van der Waals surface area contributed by atoms with E-state index in [1.54, 1.807) is 7.11 Å². The molecule has 0 unspecified atom stereocenters. The zero-order chi connectivity index (χ0) is 22.7. The highest BCUT2D eigenvalue weighted by molar-refractivity contribution is 5.77. The van der Waals surface area contributed by atoms with Gasteiger partial charge in [0.15, 0.2) is 5.65 Å². The number of benzene rings is 2. The predicted molar refractivity (Wildman–Crippen MR) is 126 cm³/mol. The van der Waals surface area contributed by atoms with Gasteiger partial charge in [0.05, 0.1) is 18.8 Å². The predicted octanol–water partition coefficient (Wildman–Crippen LogP) is 4.83. The maximum Gasteiger partial charge on any atom is 0.220 e. The fraction of sp³-hybridized carbons (Fsp3) is 0.269. The number of aryl methyl sites for hydroxylation is 2. The molecule has 0 bridgehead atoms. The number of amides is 1. The summed E-state index contributed by atoms with van der Waals surface area (Å²) < 4.78 is 7.34. The number of aromatic nitrogens is 3. The van der Waals surface area contributed by atoms with Crippen LogP contribution in [0.3, 0.4) is 0 Å². The average molecular weight is 429 g/mol. The van der Waals surface area contributed by atoms with Crippen LogP contribution < -0.4 is 10.1 Å². The summed E-state index contributed by atoms with van der Waals surface area (Å²) in [6.45, 7) is 6.02. The van der Waals surface area contributed by atoms with E-state index in [0.29, 0.717) is 12.8 Å². The first-order valence-electron chi connectivity index (χ1n) is 10.8. The van der Waals surface area contributed by atoms with Crippen LogP contribution in [-0.4, -0.2) is 27.6 Å². The van der Waals surface area contributed by atoms with E-state index in [0.717, 1.165) is 45.2 Å². The molecule has 1 N–H and O–H groups in total. The van der Waals surface area contributed by atoms with Crippen LogP contribution in [0.25, 0.3) is 16.9 Å². The smallest absolute Gasteiger partial charge is 0.220 e. The average Bonchev–Trinajstić information content (AvgIpc) is 3.23. The van der Waals surface area contributed by atoms with Gasteiger partial charge in [0.2, 0.25) is 5.91 Å². The summed E-state index contributed by atoms with van der Waals surface area (Å²) in [6.07, 6.45) is 1.00. The van der Waals surface area contributed by atoms with Crippen molar-refractivity contribution in [2.75, 3.05) is 7.11 Å². The highest BCUT2D eigenvalue weighted by Crippen LogP contribution is 2.30. The van der Waals surface area contributed by atoms with Crippen LogP contribution in [0.2, 0.25) is 0 Å². The van der Waals surface area contributed by atoms with Gasteiger partial charge in [0.25, 0.3) is 0 Å². The summed E-state index contributed by atoms with van der Waals surface area (Å²) in [7, 11) is 1.66. The van der Waals surface area contributed by atoms with Crippen molar-refractivity contribution in [3.8, 4) is 17.0 Å². The lowest BCUT2D eigenvalue weighted by atomic mass is 10.1. The van der Waals surface area contributed by atoms with E-state index in [1.807, 2.05) is 86.0 Å². The van der Waals surface area contributed by atoms with Gasteiger partial charge in [-0.15, -0.1) is 0 Å². The van der Waals surface area contributed by atoms with E-state index < -0.39 is 0 Å². The fourth-order valence-corrected chi connectivity index (χ4v) is 4.05. The molecule has 0 saturated carbocycles. The second kappa shape index (κ2) is 9.22. The summed E-state index contributed by atoms with van der Waals surface area (Å²) >= 11 is 0. The van der Waals surface area contributed by atoms with Crippen molar-refractivity contribution >= 4 is 11.6 Å². The molecule has 0 radical (unpaired) electrons. The largest absolute Gasteiger partial charge is 0.496 e. The first kappa shape index (κ1) is 21.6. The molecule has 1 amide bonds. The minimum atomic E-state index is -0.0268. The standard InChI is InChI=1S/C26H28N4O2/c1-17(20-10-6-5-7-11-20)28-26(31)15-14-21-18(2)27-25-16-23(29-30(25)19(21)3)22-12-8-9-13-24(22)32-4/h5-13,16-17H,14-15H2,1-4H3,(H,28,31)/t17-/m1/s1. The minimum Gasteiger partial charge on any atom is -0.496 e. The molecule has 2 aromatic carbocycles. The molecule has 4 aromatic rings. The van der Waals surface area contributed by atoms with Crippen molar-refractivity contribution in [2.24, 2.45) is 0 Å². The van der Waals surface area contributed by atoms with Gasteiger partial charge < -0.3 is 10.1 Å².